The second-order valence-electron chi connectivity index (χ2n) is 10.3. The lowest BCUT2D eigenvalue weighted by Crippen LogP contribution is -2.24. The third kappa shape index (κ3) is 6.04. The molecule has 0 saturated carbocycles. The van der Waals surface area contributed by atoms with Gasteiger partial charge in [0.05, 0.1) is 32.9 Å². The first-order valence-electron chi connectivity index (χ1n) is 13.5. The maximum Gasteiger partial charge on any atom is 0.339 e. The Bertz CT molecular complexity index is 1950. The Labute approximate surface area is 250 Å². The smallest absolute Gasteiger partial charge is 0.339 e. The molecule has 10 nitrogen and oxygen atoms in total. The summed E-state index contributed by atoms with van der Waals surface area (Å²) in [7, 11) is -0.845. The normalized spacial score (nSPS) is 11.6. The minimum Gasteiger partial charge on any atom is -0.452 e. The minimum atomic E-state index is -3.70. The lowest BCUT2D eigenvalue weighted by molar-refractivity contribution is -0.119. The molecule has 0 aliphatic rings. The van der Waals surface area contributed by atoms with E-state index in [-0.39, 0.29) is 10.5 Å². The highest BCUT2D eigenvalue weighted by molar-refractivity contribution is 7.89. The van der Waals surface area contributed by atoms with Crippen molar-refractivity contribution < 1.29 is 22.7 Å². The molecule has 0 radical (unpaired) electrons. The molecule has 0 atom stereocenters. The standard InChI is InChI=1S/C32H31N5O5S/c1-20-11-14-24(15-12-20)37-31-30(22(3)35-37)26(18-28(34-31)23-9-7-6-8-10-23)32(39)42-19-29(38)33-27-17-25(16-13-21(27)2)43(40,41)36(4)5/h6-18H,19H2,1-5H3,(H,33,38). The number of anilines is 1. The Kier molecular flexibility index (Phi) is 8.12. The number of nitrogens with zero attached hydrogens (tertiary/aromatic N) is 4. The number of hydrogen-bond acceptors (Lipinski definition) is 7. The van der Waals surface area contributed by atoms with Gasteiger partial charge in [0.25, 0.3) is 5.91 Å². The van der Waals surface area contributed by atoms with Crippen molar-refractivity contribution in [3.8, 4) is 16.9 Å². The highest BCUT2D eigenvalue weighted by Gasteiger charge is 2.23. The summed E-state index contributed by atoms with van der Waals surface area (Å²) in [5.74, 6) is -1.33. The molecule has 0 aliphatic carbocycles. The number of pyridine rings is 1. The summed E-state index contributed by atoms with van der Waals surface area (Å²) in [6, 6.07) is 23.3. The third-order valence-electron chi connectivity index (χ3n) is 6.98. The number of carbonyl (C=O) groups excluding carboxylic acids is 2. The molecule has 2 aromatic heterocycles. The zero-order valence-electron chi connectivity index (χ0n) is 24.5. The highest BCUT2D eigenvalue weighted by Crippen LogP contribution is 2.29. The van der Waals surface area contributed by atoms with E-state index >= 15 is 0 Å². The van der Waals surface area contributed by atoms with E-state index in [9.17, 15) is 18.0 Å². The molecule has 2 heterocycles. The Morgan fingerprint density at radius 2 is 1.63 bits per heavy atom. The van der Waals surface area contributed by atoms with E-state index in [1.807, 2.05) is 61.5 Å². The first kappa shape index (κ1) is 29.6. The fraction of sp³-hybridized carbons (Fsp3) is 0.188. The van der Waals surface area contributed by atoms with Crippen molar-refractivity contribution in [3.05, 3.63) is 101 Å². The average molecular weight is 598 g/mol. The van der Waals surface area contributed by atoms with Crippen LogP contribution in [0.2, 0.25) is 0 Å². The first-order chi connectivity index (χ1) is 20.5. The molecule has 5 aromatic rings. The number of sulfonamides is 1. The molecule has 11 heteroatoms. The van der Waals surface area contributed by atoms with Gasteiger partial charge in [-0.1, -0.05) is 54.1 Å². The molecule has 1 N–H and O–H groups in total. The fourth-order valence-corrected chi connectivity index (χ4v) is 5.50. The molecule has 0 unspecified atom stereocenters. The SMILES string of the molecule is Cc1ccc(-n2nc(C)c3c(C(=O)OCC(=O)Nc4cc(S(=O)(=O)N(C)C)ccc4C)cc(-c4ccccc4)nc32)cc1. The van der Waals surface area contributed by atoms with Gasteiger partial charge in [0.2, 0.25) is 10.0 Å². The van der Waals surface area contributed by atoms with Crippen molar-refractivity contribution in [2.24, 2.45) is 0 Å². The van der Waals surface area contributed by atoms with Crippen molar-refractivity contribution in [3.63, 3.8) is 0 Å². The summed E-state index contributed by atoms with van der Waals surface area (Å²) in [5.41, 5.74) is 5.47. The molecule has 43 heavy (non-hydrogen) atoms. The van der Waals surface area contributed by atoms with E-state index in [0.29, 0.717) is 33.7 Å². The maximum absolute atomic E-state index is 13.5. The molecular weight excluding hydrogens is 566 g/mol. The predicted octanol–water partition coefficient (Wildman–Crippen LogP) is 5.06. The minimum absolute atomic E-state index is 0.0316. The fourth-order valence-electron chi connectivity index (χ4n) is 4.57. The van der Waals surface area contributed by atoms with Crippen molar-refractivity contribution >= 4 is 38.6 Å². The van der Waals surface area contributed by atoms with Crippen molar-refractivity contribution in [1.82, 2.24) is 19.1 Å². The van der Waals surface area contributed by atoms with E-state index in [0.717, 1.165) is 21.1 Å². The Morgan fingerprint density at radius 1 is 0.930 bits per heavy atom. The first-order valence-corrected chi connectivity index (χ1v) is 14.9. The summed E-state index contributed by atoms with van der Waals surface area (Å²) in [6.45, 7) is 4.94. The molecule has 0 bridgehead atoms. The summed E-state index contributed by atoms with van der Waals surface area (Å²) < 4.78 is 33.4. The van der Waals surface area contributed by atoms with E-state index in [4.69, 9.17) is 9.72 Å². The number of aromatic nitrogens is 3. The quantitative estimate of drug-likeness (QED) is 0.248. The number of carbonyl (C=O) groups is 2. The zero-order valence-corrected chi connectivity index (χ0v) is 25.3. The largest absolute Gasteiger partial charge is 0.452 e. The Hall–Kier alpha value is -4.87. The van der Waals surface area contributed by atoms with Crippen LogP contribution in [0.4, 0.5) is 5.69 Å². The van der Waals surface area contributed by atoms with Crippen LogP contribution in [-0.4, -0.2) is 60.1 Å². The second kappa shape index (κ2) is 11.8. The average Bonchev–Trinajstić information content (AvgIpc) is 3.33. The third-order valence-corrected chi connectivity index (χ3v) is 8.79. The molecule has 0 aliphatic heterocycles. The van der Waals surface area contributed by atoms with Gasteiger partial charge < -0.3 is 10.1 Å². The summed E-state index contributed by atoms with van der Waals surface area (Å²) in [4.78, 5) is 31.3. The van der Waals surface area contributed by atoms with Gasteiger partial charge in [-0.2, -0.15) is 5.10 Å². The summed E-state index contributed by atoms with van der Waals surface area (Å²) >= 11 is 0. The van der Waals surface area contributed by atoms with Gasteiger partial charge in [-0.3, -0.25) is 4.79 Å². The number of aryl methyl sites for hydroxylation is 3. The van der Waals surface area contributed by atoms with E-state index in [1.54, 1.807) is 30.7 Å². The van der Waals surface area contributed by atoms with Gasteiger partial charge in [0.1, 0.15) is 0 Å². The number of benzene rings is 3. The number of esters is 1. The van der Waals surface area contributed by atoms with Crippen LogP contribution in [-0.2, 0) is 19.6 Å². The number of fused-ring (bicyclic) bond motifs is 1. The van der Waals surface area contributed by atoms with Gasteiger partial charge in [0.15, 0.2) is 12.3 Å². The van der Waals surface area contributed by atoms with Crippen molar-refractivity contribution in [1.29, 1.82) is 0 Å². The number of ether oxygens (including phenoxy) is 1. The number of hydrogen-bond donors (Lipinski definition) is 1. The van der Waals surface area contributed by atoms with E-state index < -0.39 is 28.5 Å². The monoisotopic (exact) mass is 597 g/mol. The molecule has 1 amide bonds. The summed E-state index contributed by atoms with van der Waals surface area (Å²) in [5, 5.41) is 7.86. The van der Waals surface area contributed by atoms with Gasteiger partial charge in [-0.05, 0) is 56.7 Å². The Morgan fingerprint density at radius 3 is 2.30 bits per heavy atom. The second-order valence-corrected chi connectivity index (χ2v) is 12.5. The van der Waals surface area contributed by atoms with Crippen LogP contribution in [0.25, 0.3) is 28.0 Å². The van der Waals surface area contributed by atoms with Gasteiger partial charge in [-0.25, -0.2) is 27.2 Å². The maximum atomic E-state index is 13.5. The van der Waals surface area contributed by atoms with Crippen molar-refractivity contribution in [2.75, 3.05) is 26.0 Å². The van der Waals surface area contributed by atoms with Crippen LogP contribution in [0.5, 0.6) is 0 Å². The van der Waals surface area contributed by atoms with E-state index in [2.05, 4.69) is 10.4 Å². The summed E-state index contributed by atoms with van der Waals surface area (Å²) in [6.07, 6.45) is 0. The van der Waals surface area contributed by atoms with Gasteiger partial charge in [-0.15, -0.1) is 0 Å². The molecule has 3 aromatic carbocycles. The molecule has 0 saturated heterocycles. The lowest BCUT2D eigenvalue weighted by Gasteiger charge is -2.14. The topological polar surface area (TPSA) is 123 Å². The molecular formula is C32H31N5O5S. The predicted molar refractivity (Wildman–Crippen MR) is 165 cm³/mol. The molecule has 0 spiro atoms. The molecule has 5 rings (SSSR count). The number of nitrogens with one attached hydrogen (secondary N) is 1. The van der Waals surface area contributed by atoms with Crippen LogP contribution in [0.15, 0.2) is 83.8 Å². The van der Waals surface area contributed by atoms with Crippen LogP contribution in [0, 0.1) is 20.8 Å². The van der Waals surface area contributed by atoms with Crippen LogP contribution in [0.3, 0.4) is 0 Å². The lowest BCUT2D eigenvalue weighted by atomic mass is 10.1. The van der Waals surface area contributed by atoms with Crippen LogP contribution >= 0.6 is 0 Å². The van der Waals surface area contributed by atoms with E-state index in [1.165, 1.54) is 26.2 Å². The van der Waals surface area contributed by atoms with Gasteiger partial charge in [0, 0.05) is 25.3 Å². The van der Waals surface area contributed by atoms with Crippen molar-refractivity contribution in [2.45, 2.75) is 25.7 Å². The zero-order chi connectivity index (χ0) is 30.9. The Balaban J connectivity index is 1.46. The number of amides is 1. The van der Waals surface area contributed by atoms with Crippen LogP contribution < -0.4 is 5.32 Å². The highest BCUT2D eigenvalue weighted by atomic mass is 32.2. The molecule has 0 fully saturated rings. The molecule has 220 valence electrons. The van der Waals surface area contributed by atoms with Gasteiger partial charge >= 0.3 is 5.97 Å². The van der Waals surface area contributed by atoms with Crippen LogP contribution in [0.1, 0.15) is 27.2 Å². The number of rotatable bonds is 8.